The van der Waals surface area contributed by atoms with Crippen LogP contribution in [-0.4, -0.2) is 91.5 Å². The average Bonchev–Trinajstić information content (AvgIpc) is 3.83. The van der Waals surface area contributed by atoms with Gasteiger partial charge < -0.3 is 57.9 Å². The van der Waals surface area contributed by atoms with Gasteiger partial charge in [0.1, 0.15) is 0 Å². The van der Waals surface area contributed by atoms with Crippen LogP contribution in [0.2, 0.25) is 0 Å². The zero-order valence-corrected chi connectivity index (χ0v) is 64.4. The van der Waals surface area contributed by atoms with Gasteiger partial charge in [0, 0.05) is 57.2 Å². The Morgan fingerprint density at radius 1 is 0.393 bits per heavy atom. The SMILES string of the molecule is C.CC(C)N(C(C)C)P(Cl)OCCC#N.CC1C(C)C(C)C(C)C1C.CC1C(C)C(C)C(C)C1C.CC1C(C)C(C)C(COCCCO)C1C.CC1C(C)C(C)C(COCCCOP(OCCC#N)N(C(C)C)C(C)C)C1C.[CH3-].[CH3-].[CH3-].[CH3-].[Fe+2].[Fe+2]. The Morgan fingerprint density at radius 3 is 0.881 bits per heavy atom. The molecule has 0 spiro atoms. The molecule has 0 saturated heterocycles. The maximum absolute atomic E-state index is 8.78. The van der Waals surface area contributed by atoms with Crippen LogP contribution >= 0.6 is 27.4 Å². The zero-order chi connectivity index (χ0) is 59.6. The quantitative estimate of drug-likeness (QED) is 0.0433. The van der Waals surface area contributed by atoms with Gasteiger partial charge in [-0.2, -0.15) is 10.5 Å². The first kappa shape index (κ1) is 101. The summed E-state index contributed by atoms with van der Waals surface area (Å²) in [5.41, 5.74) is 0. The molecule has 508 valence electrons. The molecule has 0 aromatic rings. The number of hydrogen-bond acceptors (Lipinski definition) is 10. The van der Waals surface area contributed by atoms with E-state index in [1.807, 2.05) is 6.07 Å². The van der Waals surface area contributed by atoms with Crippen molar-refractivity contribution in [3.63, 3.8) is 0 Å². The van der Waals surface area contributed by atoms with Crippen molar-refractivity contribution in [3.8, 4) is 12.1 Å². The predicted molar refractivity (Wildman–Crippen MR) is 365 cm³/mol. The number of hydrogen-bond donors (Lipinski definition) is 1. The molecule has 0 radical (unpaired) electrons. The smallest absolute Gasteiger partial charge is 0.396 e. The Balaban J connectivity index is -0.000000149. The number of nitriles is 2. The Kier molecular flexibility index (Phi) is 64.2. The molecule has 0 heterocycles. The summed E-state index contributed by atoms with van der Waals surface area (Å²) in [5, 5.41) is 25.8. The van der Waals surface area contributed by atoms with Crippen LogP contribution in [-0.2, 0) is 57.2 Å². The number of ether oxygens (including phenoxy) is 2. The summed E-state index contributed by atoms with van der Waals surface area (Å²) in [6.45, 7) is 64.7. The molecule has 15 heteroatoms. The summed E-state index contributed by atoms with van der Waals surface area (Å²) in [6.07, 6.45) is 2.42. The molecule has 0 aromatic heterocycles. The van der Waals surface area contributed by atoms with Crippen LogP contribution in [0.5, 0.6) is 0 Å². The Morgan fingerprint density at radius 2 is 0.631 bits per heavy atom. The van der Waals surface area contributed by atoms with Crippen LogP contribution in [0.4, 0.5) is 0 Å². The van der Waals surface area contributed by atoms with Crippen LogP contribution in [0.25, 0.3) is 0 Å². The van der Waals surface area contributed by atoms with Crippen molar-refractivity contribution >= 4 is 27.4 Å². The standard InChI is InChI=1S/C22H43N2O3P.C13H26O2.2C10H20.C9H18ClN2OP.CH4.4CH3.2Fe/c1-16(2)24(17(3)4)28(26-13-9-11-23)27-14-10-12-25-15-22-20(7)18(5)19(6)21(22)8;1-9-10(2)12(4)13(11(9)3)8-15-7-5-6-14;2*1-6-7(2)9(4)10(5)8(6)3;1-8(2)12(9(3)4)14(10)13-7-5-6-11;;;;;;;/h16-22H,9-10,12-15H2,1-8H3;9-14H,5-8H2,1-4H3;2*6-10H,1-5H3;8-9H,5,7H2,1-4H3;1H4;4*1H3;;/q;;;;;;4*-1;2*+2. The number of nitrogens with zero attached hydrogens (tertiary/aromatic N) is 4. The van der Waals surface area contributed by atoms with E-state index in [4.69, 9.17) is 49.9 Å². The first-order chi connectivity index (χ1) is 35.9. The minimum atomic E-state index is -1.14. The molecule has 0 aliphatic heterocycles. The largest absolute Gasteiger partial charge is 2.00 e. The van der Waals surface area contributed by atoms with Crippen molar-refractivity contribution in [2.24, 2.45) is 118 Å². The molecular formula is C69H143ClFe2N4O6P2. The van der Waals surface area contributed by atoms with Gasteiger partial charge in [-0.15, -0.1) is 0 Å². The Bertz CT molecular complexity index is 1440. The second kappa shape index (κ2) is 53.4. The van der Waals surface area contributed by atoms with Crippen molar-refractivity contribution in [1.82, 2.24) is 9.34 Å². The summed E-state index contributed by atoms with van der Waals surface area (Å²) in [7, 11) is -2.22. The fourth-order valence-corrected chi connectivity index (χ4v) is 17.2. The van der Waals surface area contributed by atoms with Crippen molar-refractivity contribution in [3.05, 3.63) is 29.7 Å². The third-order valence-corrected chi connectivity index (χ3v) is 25.6. The van der Waals surface area contributed by atoms with Crippen molar-refractivity contribution < 1.29 is 62.3 Å². The third kappa shape index (κ3) is 32.9. The van der Waals surface area contributed by atoms with Gasteiger partial charge in [0.05, 0.1) is 44.8 Å². The summed E-state index contributed by atoms with van der Waals surface area (Å²) >= 11 is 6.13. The molecule has 1 N–H and O–H groups in total. The Labute approximate surface area is 556 Å². The van der Waals surface area contributed by atoms with Crippen molar-refractivity contribution in [2.75, 3.05) is 52.9 Å². The van der Waals surface area contributed by atoms with Crippen LogP contribution < -0.4 is 0 Å². The van der Waals surface area contributed by atoms with E-state index in [1.165, 1.54) is 0 Å². The van der Waals surface area contributed by atoms with Crippen LogP contribution in [0, 0.1) is 171 Å². The van der Waals surface area contributed by atoms with Crippen molar-refractivity contribution in [1.29, 1.82) is 10.5 Å². The average molecular weight is 1330 g/mol. The summed E-state index contributed by atoms with van der Waals surface area (Å²) in [6, 6.07) is 5.55. The van der Waals surface area contributed by atoms with E-state index >= 15 is 0 Å². The molecule has 4 fully saturated rings. The van der Waals surface area contributed by atoms with E-state index in [0.29, 0.717) is 75.3 Å². The van der Waals surface area contributed by atoms with Crippen LogP contribution in [0.3, 0.4) is 0 Å². The minimum absolute atomic E-state index is 0. The van der Waals surface area contributed by atoms with Gasteiger partial charge in [-0.25, -0.2) is 9.34 Å². The van der Waals surface area contributed by atoms with Gasteiger partial charge in [-0.3, -0.25) is 0 Å². The monoisotopic (exact) mass is 1330 g/mol. The van der Waals surface area contributed by atoms with E-state index in [0.717, 1.165) is 139 Å². The zero-order valence-electron chi connectivity index (χ0n) is 59.6. The maximum Gasteiger partial charge on any atom is 2.00 e. The fraction of sp³-hybridized carbons (Fsp3) is 0.913. The summed E-state index contributed by atoms with van der Waals surface area (Å²) in [4.78, 5) is 0. The van der Waals surface area contributed by atoms with Gasteiger partial charge in [0.15, 0.2) is 0 Å². The van der Waals surface area contributed by atoms with E-state index in [-0.39, 0.29) is 77.9 Å². The molecule has 4 aliphatic carbocycles. The van der Waals surface area contributed by atoms with E-state index in [9.17, 15) is 0 Å². The number of rotatable bonds is 24. The van der Waals surface area contributed by atoms with Crippen LogP contribution in [0.15, 0.2) is 0 Å². The molecule has 0 bridgehead atoms. The Hall–Kier alpha value is 0.849. The summed E-state index contributed by atoms with van der Waals surface area (Å²) in [5.74, 6) is 16.9. The number of halogens is 1. The van der Waals surface area contributed by atoms with E-state index in [1.54, 1.807) is 0 Å². The molecule has 4 rings (SSSR count). The molecule has 4 aliphatic rings. The molecule has 84 heavy (non-hydrogen) atoms. The third-order valence-electron chi connectivity index (χ3n) is 21.0. The van der Waals surface area contributed by atoms with Gasteiger partial charge in [0.25, 0.3) is 8.53 Å². The van der Waals surface area contributed by atoms with Crippen LogP contribution in [0.1, 0.15) is 213 Å². The maximum atomic E-state index is 8.78. The van der Waals surface area contributed by atoms with Gasteiger partial charge in [-0.1, -0.05) is 132 Å². The van der Waals surface area contributed by atoms with Gasteiger partial charge in [0.2, 0.25) is 7.65 Å². The topological polar surface area (TPSA) is 120 Å². The first-order valence-corrected chi connectivity index (χ1v) is 34.4. The molecule has 10 nitrogen and oxygen atoms in total. The molecule has 4 saturated carbocycles. The second-order valence-corrected chi connectivity index (χ2v) is 29.8. The van der Waals surface area contributed by atoms with Crippen molar-refractivity contribution in [2.45, 2.75) is 237 Å². The minimum Gasteiger partial charge on any atom is -0.396 e. The normalized spacial score (nSPS) is 32.5. The van der Waals surface area contributed by atoms with E-state index in [2.05, 4.69) is 195 Å². The van der Waals surface area contributed by atoms with Gasteiger partial charge >= 0.3 is 34.1 Å². The molecule has 10 atom stereocenters. The second-order valence-electron chi connectivity index (χ2n) is 26.3. The predicted octanol–water partition coefficient (Wildman–Crippen LogP) is 20.7. The molecule has 0 aromatic carbocycles. The number of aliphatic hydroxyl groups is 1. The van der Waals surface area contributed by atoms with E-state index < -0.39 is 16.2 Å². The van der Waals surface area contributed by atoms with Gasteiger partial charge in [-0.05, 0) is 198 Å². The molecular weight excluding hydrogens is 1190 g/mol. The summed E-state index contributed by atoms with van der Waals surface area (Å²) < 4.78 is 33.5. The number of aliphatic hydroxyl groups excluding tert-OH is 1. The first-order valence-electron chi connectivity index (χ1n) is 31.1. The molecule has 0 amide bonds. The fourth-order valence-electron chi connectivity index (χ4n) is 13.2. The molecule has 10 unspecified atom stereocenters.